The molecule has 0 saturated heterocycles. The number of aryl methyl sites for hydroxylation is 1. The van der Waals surface area contributed by atoms with E-state index in [1.54, 1.807) is 6.20 Å². The third-order valence-electron chi connectivity index (χ3n) is 3.67. The molecule has 0 fully saturated rings. The fourth-order valence-electron chi connectivity index (χ4n) is 2.65. The summed E-state index contributed by atoms with van der Waals surface area (Å²) in [5.41, 5.74) is 2.71. The van der Waals surface area contributed by atoms with E-state index >= 15 is 0 Å². The molecule has 0 amide bonds. The summed E-state index contributed by atoms with van der Waals surface area (Å²) in [6, 6.07) is 7.76. The number of carbonyl (C=O) groups is 1. The van der Waals surface area contributed by atoms with Crippen LogP contribution in [0.4, 0.5) is 0 Å². The Morgan fingerprint density at radius 3 is 2.78 bits per heavy atom. The molecule has 0 N–H and O–H groups in total. The van der Waals surface area contributed by atoms with Crippen LogP contribution in [-0.4, -0.2) is 33.9 Å². The maximum Gasteiger partial charge on any atom is 0.355 e. The lowest BCUT2D eigenvalue weighted by atomic mass is 10.1. The Balaban J connectivity index is 2.45. The van der Waals surface area contributed by atoms with E-state index < -0.39 is 5.97 Å². The average Bonchev–Trinajstić information content (AvgIpc) is 2.87. The molecule has 3 aromatic rings. The highest BCUT2D eigenvalue weighted by atomic mass is 35.5. The number of hydrogen-bond acceptors (Lipinski definition) is 5. The first-order valence-electron chi connectivity index (χ1n) is 6.81. The maximum absolute atomic E-state index is 12.4. The first-order chi connectivity index (χ1) is 11.1. The van der Waals surface area contributed by atoms with Crippen LogP contribution in [0.3, 0.4) is 0 Å². The van der Waals surface area contributed by atoms with Gasteiger partial charge in [0.05, 0.1) is 17.7 Å². The zero-order valence-corrected chi connectivity index (χ0v) is 14.4. The molecule has 5 nitrogen and oxygen atoms in total. The normalized spacial score (nSPS) is 11.0. The van der Waals surface area contributed by atoms with Crippen LogP contribution in [0.2, 0.25) is 5.28 Å². The number of aromatic nitrogens is 3. The van der Waals surface area contributed by atoms with Crippen molar-refractivity contribution in [2.75, 3.05) is 13.4 Å². The number of thioether (sulfide) groups is 1. The lowest BCUT2D eigenvalue weighted by Crippen LogP contribution is -2.09. The smallest absolute Gasteiger partial charge is 0.355 e. The Morgan fingerprint density at radius 1 is 1.35 bits per heavy atom. The molecule has 0 saturated carbocycles. The minimum Gasteiger partial charge on any atom is -0.464 e. The summed E-state index contributed by atoms with van der Waals surface area (Å²) >= 11 is 7.49. The van der Waals surface area contributed by atoms with Gasteiger partial charge in [-0.25, -0.2) is 14.8 Å². The molecule has 0 unspecified atom stereocenters. The maximum atomic E-state index is 12.4. The van der Waals surface area contributed by atoms with Gasteiger partial charge in [0.1, 0.15) is 5.69 Å². The Bertz CT molecular complexity index is 908. The SMILES string of the molecule is COC(=O)c1c(-c2nc(Cl)ncc2SC)c2ccccc2n1C. The molecular weight excluding hydrogens is 334 g/mol. The Morgan fingerprint density at radius 2 is 2.09 bits per heavy atom. The number of benzene rings is 1. The van der Waals surface area contributed by atoms with Crippen molar-refractivity contribution >= 4 is 40.2 Å². The average molecular weight is 348 g/mol. The number of carbonyl (C=O) groups excluding carboxylic acids is 1. The van der Waals surface area contributed by atoms with Crippen molar-refractivity contribution in [1.29, 1.82) is 0 Å². The molecule has 0 bridgehead atoms. The predicted octanol–water partition coefficient (Wildman–Crippen LogP) is 3.80. The van der Waals surface area contributed by atoms with Crippen LogP contribution in [0.5, 0.6) is 0 Å². The van der Waals surface area contributed by atoms with Crippen molar-refractivity contribution in [3.63, 3.8) is 0 Å². The van der Waals surface area contributed by atoms with Gasteiger partial charge in [-0.05, 0) is 23.9 Å². The van der Waals surface area contributed by atoms with Gasteiger partial charge >= 0.3 is 5.97 Å². The minimum atomic E-state index is -0.416. The van der Waals surface area contributed by atoms with E-state index in [1.165, 1.54) is 18.9 Å². The minimum absolute atomic E-state index is 0.140. The second-order valence-corrected chi connectivity index (χ2v) is 6.03. The molecule has 0 aliphatic heterocycles. The van der Waals surface area contributed by atoms with Crippen LogP contribution in [-0.2, 0) is 11.8 Å². The predicted molar refractivity (Wildman–Crippen MR) is 92.1 cm³/mol. The summed E-state index contributed by atoms with van der Waals surface area (Å²) in [7, 11) is 3.20. The second kappa shape index (κ2) is 6.22. The van der Waals surface area contributed by atoms with E-state index in [2.05, 4.69) is 9.97 Å². The first-order valence-corrected chi connectivity index (χ1v) is 8.41. The molecular formula is C16H14ClN3O2S. The zero-order valence-electron chi connectivity index (χ0n) is 12.8. The summed E-state index contributed by atoms with van der Waals surface area (Å²) < 4.78 is 6.79. The Hall–Kier alpha value is -2.05. The molecule has 2 heterocycles. The van der Waals surface area contributed by atoms with Crippen LogP contribution in [0.25, 0.3) is 22.2 Å². The van der Waals surface area contributed by atoms with Crippen molar-refractivity contribution in [3.8, 4) is 11.3 Å². The van der Waals surface area contributed by atoms with E-state index in [4.69, 9.17) is 16.3 Å². The molecule has 2 aromatic heterocycles. The quantitative estimate of drug-likeness (QED) is 0.410. The highest BCUT2D eigenvalue weighted by Crippen LogP contribution is 2.38. The summed E-state index contributed by atoms with van der Waals surface area (Å²) in [5.74, 6) is -0.416. The molecule has 23 heavy (non-hydrogen) atoms. The van der Waals surface area contributed by atoms with Crippen molar-refractivity contribution in [3.05, 3.63) is 41.4 Å². The van der Waals surface area contributed by atoms with Crippen molar-refractivity contribution < 1.29 is 9.53 Å². The number of rotatable bonds is 3. The molecule has 118 valence electrons. The number of ether oxygens (including phenoxy) is 1. The van der Waals surface area contributed by atoms with E-state index in [1.807, 2.05) is 42.1 Å². The number of esters is 1. The summed E-state index contributed by atoms with van der Waals surface area (Å²) in [6.45, 7) is 0. The van der Waals surface area contributed by atoms with E-state index in [0.29, 0.717) is 17.0 Å². The summed E-state index contributed by atoms with van der Waals surface area (Å²) in [6.07, 6.45) is 3.59. The van der Waals surface area contributed by atoms with Crippen molar-refractivity contribution in [2.45, 2.75) is 4.90 Å². The Labute approximate surface area is 142 Å². The molecule has 0 radical (unpaired) electrons. The molecule has 0 spiro atoms. The lowest BCUT2D eigenvalue weighted by molar-refractivity contribution is 0.0591. The third kappa shape index (κ3) is 2.58. The molecule has 0 atom stereocenters. The number of fused-ring (bicyclic) bond motifs is 1. The van der Waals surface area contributed by atoms with Gasteiger partial charge in [0.15, 0.2) is 0 Å². The van der Waals surface area contributed by atoms with E-state index in [9.17, 15) is 4.79 Å². The van der Waals surface area contributed by atoms with Crippen molar-refractivity contribution in [1.82, 2.24) is 14.5 Å². The highest BCUT2D eigenvalue weighted by Gasteiger charge is 2.25. The second-order valence-electron chi connectivity index (χ2n) is 4.85. The molecule has 0 aliphatic carbocycles. The van der Waals surface area contributed by atoms with Crippen molar-refractivity contribution in [2.24, 2.45) is 7.05 Å². The first kappa shape index (κ1) is 15.8. The highest BCUT2D eigenvalue weighted by molar-refractivity contribution is 7.98. The van der Waals surface area contributed by atoms with Gasteiger partial charge < -0.3 is 9.30 Å². The number of halogens is 1. The van der Waals surface area contributed by atoms with Gasteiger partial charge in [-0.3, -0.25) is 0 Å². The molecule has 0 aliphatic rings. The van der Waals surface area contributed by atoms with Gasteiger partial charge in [0.25, 0.3) is 0 Å². The third-order valence-corrected chi connectivity index (χ3v) is 4.59. The van der Waals surface area contributed by atoms with Gasteiger partial charge in [-0.1, -0.05) is 18.2 Å². The van der Waals surface area contributed by atoms with Gasteiger partial charge in [0, 0.05) is 29.7 Å². The van der Waals surface area contributed by atoms with E-state index in [0.717, 1.165) is 15.8 Å². The fraction of sp³-hybridized carbons (Fsp3) is 0.188. The van der Waals surface area contributed by atoms with Crippen LogP contribution in [0.15, 0.2) is 35.4 Å². The van der Waals surface area contributed by atoms with Gasteiger partial charge in [-0.15, -0.1) is 11.8 Å². The van der Waals surface area contributed by atoms with E-state index in [-0.39, 0.29) is 5.28 Å². The van der Waals surface area contributed by atoms with Crippen LogP contribution >= 0.6 is 23.4 Å². The molecule has 7 heteroatoms. The van der Waals surface area contributed by atoms with Gasteiger partial charge in [-0.2, -0.15) is 0 Å². The number of nitrogens with zero attached hydrogens (tertiary/aromatic N) is 3. The molecule has 3 rings (SSSR count). The fourth-order valence-corrected chi connectivity index (χ4v) is 3.28. The standard InChI is InChI=1S/C16H14ClN3O2S/c1-20-10-7-5-4-6-9(10)12(14(20)15(21)22-2)13-11(23-3)8-18-16(17)19-13/h4-8H,1-3H3. The lowest BCUT2D eigenvalue weighted by Gasteiger charge is -2.09. The number of methoxy groups -OCH3 is 1. The number of hydrogen-bond donors (Lipinski definition) is 0. The van der Waals surface area contributed by atoms with Crippen LogP contribution < -0.4 is 0 Å². The van der Waals surface area contributed by atoms with Crippen LogP contribution in [0.1, 0.15) is 10.5 Å². The largest absolute Gasteiger partial charge is 0.464 e. The summed E-state index contributed by atoms with van der Waals surface area (Å²) in [5, 5.41) is 1.06. The summed E-state index contributed by atoms with van der Waals surface area (Å²) in [4.78, 5) is 21.6. The van der Waals surface area contributed by atoms with Gasteiger partial charge in [0.2, 0.25) is 5.28 Å². The molecule has 1 aromatic carbocycles. The number of para-hydroxylation sites is 1. The monoisotopic (exact) mass is 347 g/mol. The topological polar surface area (TPSA) is 57.0 Å². The van der Waals surface area contributed by atoms with Crippen LogP contribution in [0, 0.1) is 0 Å². The zero-order chi connectivity index (χ0) is 16.6. The Kier molecular flexibility index (Phi) is 4.28.